The van der Waals surface area contributed by atoms with Gasteiger partial charge in [0, 0.05) is 18.5 Å². The minimum Gasteiger partial charge on any atom is -0.452 e. The van der Waals surface area contributed by atoms with Crippen LogP contribution in [0.3, 0.4) is 0 Å². The summed E-state index contributed by atoms with van der Waals surface area (Å²) in [6.45, 7) is -0.336. The number of carbonyl (C=O) groups is 2. The highest BCUT2D eigenvalue weighted by Crippen LogP contribution is 2.31. The minimum absolute atomic E-state index is 0.333. The molecule has 0 aliphatic heterocycles. The van der Waals surface area contributed by atoms with Crippen molar-refractivity contribution in [3.8, 4) is 0 Å². The van der Waals surface area contributed by atoms with Gasteiger partial charge in [0.15, 0.2) is 6.61 Å². The van der Waals surface area contributed by atoms with Crippen LogP contribution in [0.15, 0.2) is 36.8 Å². The summed E-state index contributed by atoms with van der Waals surface area (Å²) in [6, 6.07) is 5.16. The van der Waals surface area contributed by atoms with Gasteiger partial charge in [-0.25, -0.2) is 9.48 Å². The molecule has 1 aliphatic rings. The van der Waals surface area contributed by atoms with E-state index in [1.807, 2.05) is 4.68 Å². The highest BCUT2D eigenvalue weighted by Gasteiger charge is 2.20. The Morgan fingerprint density at radius 1 is 1.17 bits per heavy atom. The molecule has 1 N–H and O–H groups in total. The molecule has 0 saturated heterocycles. The number of ether oxygens (including phenoxy) is 1. The Morgan fingerprint density at radius 2 is 1.91 bits per heavy atom. The summed E-state index contributed by atoms with van der Waals surface area (Å²) in [5.74, 6) is -0.291. The summed E-state index contributed by atoms with van der Waals surface area (Å²) < 4.78 is 6.84. The summed E-state index contributed by atoms with van der Waals surface area (Å²) in [4.78, 5) is 27.6. The van der Waals surface area contributed by atoms with E-state index in [1.54, 1.807) is 12.3 Å². The van der Waals surface area contributed by atoms with Gasteiger partial charge in [0.05, 0.1) is 17.8 Å². The Bertz CT molecular complexity index is 678. The summed E-state index contributed by atoms with van der Waals surface area (Å²) in [5.41, 5.74) is 0.365. The Morgan fingerprint density at radius 3 is 2.65 bits per heavy atom. The number of esters is 1. The topological polar surface area (TPSA) is 86.1 Å². The van der Waals surface area contributed by atoms with Gasteiger partial charge >= 0.3 is 5.97 Å². The summed E-state index contributed by atoms with van der Waals surface area (Å²) >= 11 is 0. The molecule has 2 heterocycles. The van der Waals surface area contributed by atoms with Crippen LogP contribution in [0.25, 0.3) is 0 Å². The number of pyridine rings is 1. The molecule has 0 unspecified atom stereocenters. The predicted molar refractivity (Wildman–Crippen MR) is 82.9 cm³/mol. The van der Waals surface area contributed by atoms with E-state index in [1.165, 1.54) is 37.4 Å². The lowest BCUT2D eigenvalue weighted by Crippen LogP contribution is -2.23. The van der Waals surface area contributed by atoms with Gasteiger partial charge in [-0.1, -0.05) is 12.8 Å². The van der Waals surface area contributed by atoms with Gasteiger partial charge in [-0.3, -0.25) is 9.78 Å². The van der Waals surface area contributed by atoms with Gasteiger partial charge < -0.3 is 10.1 Å². The molecule has 2 aromatic heterocycles. The van der Waals surface area contributed by atoms with E-state index in [0.717, 1.165) is 12.8 Å². The van der Waals surface area contributed by atoms with Crippen LogP contribution >= 0.6 is 0 Å². The molecule has 0 spiro atoms. The maximum Gasteiger partial charge on any atom is 0.338 e. The number of hydrogen-bond donors (Lipinski definition) is 1. The minimum atomic E-state index is -0.549. The Hall–Kier alpha value is -2.70. The summed E-state index contributed by atoms with van der Waals surface area (Å²) in [5, 5.41) is 7.03. The number of rotatable bonds is 5. The van der Waals surface area contributed by atoms with Crippen molar-refractivity contribution in [2.75, 3.05) is 11.9 Å². The number of nitrogens with zero attached hydrogens (tertiary/aromatic N) is 3. The van der Waals surface area contributed by atoms with Crippen LogP contribution in [-0.2, 0) is 9.53 Å². The van der Waals surface area contributed by atoms with Crippen LogP contribution in [0.2, 0.25) is 0 Å². The molecular weight excluding hydrogens is 296 g/mol. The van der Waals surface area contributed by atoms with E-state index >= 15 is 0 Å². The molecule has 1 saturated carbocycles. The van der Waals surface area contributed by atoms with Crippen molar-refractivity contribution in [3.63, 3.8) is 0 Å². The van der Waals surface area contributed by atoms with E-state index in [4.69, 9.17) is 4.74 Å². The number of nitrogens with one attached hydrogen (secondary N) is 1. The smallest absolute Gasteiger partial charge is 0.338 e. The molecule has 23 heavy (non-hydrogen) atoms. The summed E-state index contributed by atoms with van der Waals surface area (Å²) in [6.07, 6.45) is 9.16. The Labute approximate surface area is 133 Å². The van der Waals surface area contributed by atoms with Crippen LogP contribution < -0.4 is 5.32 Å². The molecular formula is C16H18N4O3. The predicted octanol–water partition coefficient (Wildman–Crippen LogP) is 2.19. The van der Waals surface area contributed by atoms with Crippen molar-refractivity contribution in [3.05, 3.63) is 42.4 Å². The van der Waals surface area contributed by atoms with Crippen molar-refractivity contribution >= 4 is 17.7 Å². The normalized spacial score (nSPS) is 14.6. The quantitative estimate of drug-likeness (QED) is 0.855. The van der Waals surface area contributed by atoms with Crippen LogP contribution in [-0.4, -0.2) is 33.2 Å². The average Bonchev–Trinajstić information content (AvgIpc) is 3.24. The lowest BCUT2D eigenvalue weighted by molar-refractivity contribution is -0.119. The molecule has 1 amide bonds. The molecule has 7 heteroatoms. The first-order chi connectivity index (χ1) is 11.2. The van der Waals surface area contributed by atoms with Crippen LogP contribution in [0.5, 0.6) is 0 Å². The van der Waals surface area contributed by atoms with Gasteiger partial charge in [0.25, 0.3) is 5.91 Å². The van der Waals surface area contributed by atoms with Crippen molar-refractivity contribution in [2.24, 2.45) is 0 Å². The van der Waals surface area contributed by atoms with Crippen LogP contribution in [0, 0.1) is 0 Å². The van der Waals surface area contributed by atoms with Gasteiger partial charge in [-0.2, -0.15) is 5.10 Å². The number of anilines is 1. The van der Waals surface area contributed by atoms with Crippen molar-refractivity contribution in [1.29, 1.82) is 0 Å². The van der Waals surface area contributed by atoms with Gasteiger partial charge in [-0.15, -0.1) is 0 Å². The second-order valence-corrected chi connectivity index (χ2v) is 5.46. The number of amides is 1. The maximum atomic E-state index is 12.0. The lowest BCUT2D eigenvalue weighted by atomic mass is 10.2. The van der Waals surface area contributed by atoms with Gasteiger partial charge in [-0.05, 0) is 25.0 Å². The standard InChI is InChI=1S/C16H18N4O3/c21-15(11-23-16(22)12-5-8-17-9-6-12)19-14-7-10-18-20(14)13-3-1-2-4-13/h5-10,13H,1-4,11H2,(H,19,21). The SMILES string of the molecule is O=C(COC(=O)c1ccncc1)Nc1ccnn1C1CCCC1. The van der Waals surface area contributed by atoms with E-state index in [9.17, 15) is 9.59 Å². The molecule has 0 bridgehead atoms. The zero-order valence-corrected chi connectivity index (χ0v) is 12.6. The summed E-state index contributed by atoms with van der Waals surface area (Å²) in [7, 11) is 0. The fourth-order valence-corrected chi connectivity index (χ4v) is 2.73. The highest BCUT2D eigenvalue weighted by atomic mass is 16.5. The first-order valence-corrected chi connectivity index (χ1v) is 7.64. The molecule has 120 valence electrons. The maximum absolute atomic E-state index is 12.0. The van der Waals surface area contributed by atoms with Crippen LogP contribution in [0.4, 0.5) is 5.82 Å². The first-order valence-electron chi connectivity index (χ1n) is 7.64. The monoisotopic (exact) mass is 314 g/mol. The largest absolute Gasteiger partial charge is 0.452 e. The molecule has 0 aromatic carbocycles. The fraction of sp³-hybridized carbons (Fsp3) is 0.375. The zero-order valence-electron chi connectivity index (χ0n) is 12.6. The van der Waals surface area contributed by atoms with E-state index < -0.39 is 5.97 Å². The molecule has 2 aromatic rings. The molecule has 0 radical (unpaired) electrons. The van der Waals surface area contributed by atoms with Crippen molar-refractivity contribution in [2.45, 2.75) is 31.7 Å². The fourth-order valence-electron chi connectivity index (χ4n) is 2.73. The average molecular weight is 314 g/mol. The number of carbonyl (C=O) groups excluding carboxylic acids is 2. The zero-order chi connectivity index (χ0) is 16.1. The third-order valence-electron chi connectivity index (χ3n) is 3.86. The van der Waals surface area contributed by atoms with Gasteiger partial charge in [0.1, 0.15) is 5.82 Å². The number of hydrogen-bond acceptors (Lipinski definition) is 5. The second kappa shape index (κ2) is 7.04. The molecule has 1 aliphatic carbocycles. The third kappa shape index (κ3) is 3.74. The van der Waals surface area contributed by atoms with Gasteiger partial charge in [0.2, 0.25) is 0 Å². The Kier molecular flexibility index (Phi) is 4.65. The first kappa shape index (κ1) is 15.2. The molecule has 1 fully saturated rings. The molecule has 0 atom stereocenters. The van der Waals surface area contributed by atoms with E-state index in [0.29, 0.717) is 17.4 Å². The third-order valence-corrected chi connectivity index (χ3v) is 3.86. The van der Waals surface area contributed by atoms with Crippen LogP contribution in [0.1, 0.15) is 42.1 Å². The van der Waals surface area contributed by atoms with Crippen molar-refractivity contribution < 1.29 is 14.3 Å². The van der Waals surface area contributed by atoms with E-state index in [2.05, 4.69) is 15.4 Å². The highest BCUT2D eigenvalue weighted by molar-refractivity contribution is 5.94. The molecule has 3 rings (SSSR count). The van der Waals surface area contributed by atoms with E-state index in [-0.39, 0.29) is 12.5 Å². The van der Waals surface area contributed by atoms with Crippen molar-refractivity contribution in [1.82, 2.24) is 14.8 Å². The Balaban J connectivity index is 1.54. The molecule has 7 nitrogen and oxygen atoms in total. The lowest BCUT2D eigenvalue weighted by Gasteiger charge is -2.14. The number of aromatic nitrogens is 3. The second-order valence-electron chi connectivity index (χ2n) is 5.46.